The Bertz CT molecular complexity index is 1700. The fourth-order valence-electron chi connectivity index (χ4n) is 5.50. The third-order valence-corrected chi connectivity index (χ3v) is 7.71. The molecule has 4 aromatic rings. The number of hydrogen-bond acceptors (Lipinski definition) is 4. The Labute approximate surface area is 244 Å². The van der Waals surface area contributed by atoms with E-state index in [4.69, 9.17) is 20.9 Å². The van der Waals surface area contributed by atoms with Crippen LogP contribution in [0.4, 0.5) is 37.7 Å². The first-order valence-corrected chi connectivity index (χ1v) is 13.4. The summed E-state index contributed by atoms with van der Waals surface area (Å²) in [5.41, 5.74) is -2.34. The van der Waals surface area contributed by atoms with Crippen LogP contribution in [-0.4, -0.2) is 11.8 Å². The standard InChI is InChI=1S/C33H28F6N2O2/c1-19(2)31(37)29(35)28(34)30(36)32(38,20-11-3-7-15-24(20)42-26-17-9-5-13-22(26)40)33(31,39)21-12-4-8-16-25(21)43-27-18-10-6-14-23(27)41/h3-19,30H,40-41H2,1-2H3. The van der Waals surface area contributed by atoms with Gasteiger partial charge in [-0.05, 0) is 42.3 Å². The van der Waals surface area contributed by atoms with Gasteiger partial charge in [-0.25, -0.2) is 26.3 Å². The van der Waals surface area contributed by atoms with Gasteiger partial charge in [0.2, 0.25) is 17.0 Å². The molecule has 1 aliphatic rings. The zero-order valence-corrected chi connectivity index (χ0v) is 23.1. The number of para-hydroxylation sites is 6. The van der Waals surface area contributed by atoms with Crippen LogP contribution in [0.15, 0.2) is 109 Å². The fraction of sp³-hybridized carbons (Fsp3) is 0.212. The van der Waals surface area contributed by atoms with Crippen LogP contribution in [-0.2, 0) is 11.3 Å². The van der Waals surface area contributed by atoms with Crippen molar-refractivity contribution in [2.75, 3.05) is 11.5 Å². The average molecular weight is 599 g/mol. The van der Waals surface area contributed by atoms with Crippen LogP contribution in [0.3, 0.4) is 0 Å². The third kappa shape index (κ3) is 4.38. The molecule has 4 unspecified atom stereocenters. The van der Waals surface area contributed by atoms with Crippen LogP contribution in [0.2, 0.25) is 0 Å². The molecular weight excluding hydrogens is 570 g/mol. The molecule has 4 atom stereocenters. The zero-order valence-electron chi connectivity index (χ0n) is 23.1. The number of benzene rings is 4. The molecule has 4 N–H and O–H groups in total. The summed E-state index contributed by atoms with van der Waals surface area (Å²) in [6, 6.07) is 21.4. The van der Waals surface area contributed by atoms with Gasteiger partial charge in [-0.2, -0.15) is 0 Å². The Morgan fingerprint density at radius 1 is 0.628 bits per heavy atom. The Morgan fingerprint density at radius 3 is 1.49 bits per heavy atom. The van der Waals surface area contributed by atoms with Crippen molar-refractivity contribution in [2.45, 2.75) is 37.0 Å². The first kappa shape index (κ1) is 29.9. The van der Waals surface area contributed by atoms with E-state index in [0.29, 0.717) is 0 Å². The van der Waals surface area contributed by atoms with E-state index in [0.717, 1.165) is 38.1 Å². The highest BCUT2D eigenvalue weighted by Crippen LogP contribution is 2.68. The summed E-state index contributed by atoms with van der Waals surface area (Å²) in [7, 11) is 0. The van der Waals surface area contributed by atoms with Crippen molar-refractivity contribution in [3.8, 4) is 23.0 Å². The van der Waals surface area contributed by atoms with Crippen molar-refractivity contribution >= 4 is 11.4 Å². The Morgan fingerprint density at radius 2 is 1.02 bits per heavy atom. The predicted molar refractivity (Wildman–Crippen MR) is 153 cm³/mol. The first-order chi connectivity index (χ1) is 20.4. The smallest absolute Gasteiger partial charge is 0.221 e. The first-order valence-electron chi connectivity index (χ1n) is 13.4. The summed E-state index contributed by atoms with van der Waals surface area (Å²) in [6.07, 6.45) is -3.65. The summed E-state index contributed by atoms with van der Waals surface area (Å²) < 4.78 is 112. The molecule has 0 bridgehead atoms. The van der Waals surface area contributed by atoms with Crippen LogP contribution in [0, 0.1) is 5.92 Å². The van der Waals surface area contributed by atoms with Gasteiger partial charge in [-0.15, -0.1) is 0 Å². The molecule has 0 aliphatic heterocycles. The summed E-state index contributed by atoms with van der Waals surface area (Å²) in [5, 5.41) is 0. The largest absolute Gasteiger partial charge is 0.455 e. The lowest BCUT2D eigenvalue weighted by molar-refractivity contribution is -0.201. The van der Waals surface area contributed by atoms with Crippen LogP contribution >= 0.6 is 0 Å². The van der Waals surface area contributed by atoms with Gasteiger partial charge in [-0.1, -0.05) is 74.5 Å². The molecular formula is C33H28F6N2O2. The summed E-state index contributed by atoms with van der Waals surface area (Å²) >= 11 is 0. The molecule has 0 heterocycles. The highest BCUT2D eigenvalue weighted by molar-refractivity contribution is 5.60. The van der Waals surface area contributed by atoms with Gasteiger partial charge in [0.05, 0.1) is 11.4 Å². The average Bonchev–Trinajstić information content (AvgIpc) is 3.00. The van der Waals surface area contributed by atoms with Gasteiger partial charge in [0, 0.05) is 11.1 Å². The summed E-state index contributed by atoms with van der Waals surface area (Å²) in [6.45, 7) is 2.07. The Kier molecular flexibility index (Phi) is 7.58. The maximum atomic E-state index is 18.3. The van der Waals surface area contributed by atoms with E-state index in [-0.39, 0.29) is 22.9 Å². The normalized spacial score (nSPS) is 25.6. The van der Waals surface area contributed by atoms with Crippen molar-refractivity contribution in [1.29, 1.82) is 0 Å². The van der Waals surface area contributed by atoms with Crippen molar-refractivity contribution in [3.05, 3.63) is 120 Å². The number of ether oxygens (including phenoxy) is 2. The van der Waals surface area contributed by atoms with Gasteiger partial charge in [0.1, 0.15) is 23.0 Å². The molecule has 1 aliphatic carbocycles. The quantitative estimate of drug-likeness (QED) is 0.164. The van der Waals surface area contributed by atoms with Gasteiger partial charge >= 0.3 is 0 Å². The number of hydrogen-bond donors (Lipinski definition) is 2. The molecule has 0 spiro atoms. The minimum atomic E-state index is -4.28. The number of allylic oxidation sites excluding steroid dienone is 2. The molecule has 43 heavy (non-hydrogen) atoms. The molecule has 0 radical (unpaired) electrons. The van der Waals surface area contributed by atoms with Gasteiger partial charge < -0.3 is 20.9 Å². The lowest BCUT2D eigenvalue weighted by Crippen LogP contribution is -2.66. The van der Waals surface area contributed by atoms with E-state index in [1.54, 1.807) is 24.3 Å². The van der Waals surface area contributed by atoms with Gasteiger partial charge in [-0.3, -0.25) is 0 Å². The second-order valence-corrected chi connectivity index (χ2v) is 10.5. The van der Waals surface area contributed by atoms with Crippen LogP contribution in [0.25, 0.3) is 0 Å². The fourth-order valence-corrected chi connectivity index (χ4v) is 5.50. The van der Waals surface area contributed by atoms with Gasteiger partial charge in [0.25, 0.3) is 0 Å². The van der Waals surface area contributed by atoms with Crippen molar-refractivity contribution in [1.82, 2.24) is 0 Å². The highest BCUT2D eigenvalue weighted by Gasteiger charge is 2.79. The molecule has 0 saturated carbocycles. The van der Waals surface area contributed by atoms with Gasteiger partial charge in [0.15, 0.2) is 17.8 Å². The number of nitrogen functional groups attached to an aromatic ring is 2. The Hall–Kier alpha value is -4.60. The van der Waals surface area contributed by atoms with Crippen molar-refractivity contribution < 1.29 is 35.8 Å². The van der Waals surface area contributed by atoms with Crippen LogP contribution in [0.1, 0.15) is 25.0 Å². The number of alkyl halides is 4. The summed E-state index contributed by atoms with van der Waals surface area (Å²) in [5.74, 6) is -7.60. The minimum absolute atomic E-state index is 0.0184. The number of anilines is 2. The molecule has 0 fully saturated rings. The van der Waals surface area contributed by atoms with Crippen LogP contribution in [0.5, 0.6) is 23.0 Å². The van der Waals surface area contributed by atoms with E-state index in [2.05, 4.69) is 0 Å². The van der Waals surface area contributed by atoms with Crippen molar-refractivity contribution in [3.63, 3.8) is 0 Å². The Balaban J connectivity index is 1.84. The highest BCUT2D eigenvalue weighted by atomic mass is 19.2. The molecule has 0 saturated heterocycles. The maximum Gasteiger partial charge on any atom is 0.221 e. The minimum Gasteiger partial charge on any atom is -0.455 e. The van der Waals surface area contributed by atoms with Crippen LogP contribution < -0.4 is 20.9 Å². The molecule has 4 aromatic carbocycles. The number of halogens is 6. The third-order valence-electron chi connectivity index (χ3n) is 7.71. The molecule has 0 amide bonds. The predicted octanol–water partition coefficient (Wildman–Crippen LogP) is 9.33. The second-order valence-electron chi connectivity index (χ2n) is 10.5. The SMILES string of the molecule is CC(C)C1(F)C(F)=C(F)C(F)C(F)(c2ccccc2Oc2ccccc2N)C1(F)c1ccccc1Oc1ccccc1N. The summed E-state index contributed by atoms with van der Waals surface area (Å²) in [4.78, 5) is 0. The number of rotatable bonds is 7. The molecule has 224 valence electrons. The molecule has 4 nitrogen and oxygen atoms in total. The lowest BCUT2D eigenvalue weighted by Gasteiger charge is -2.52. The van der Waals surface area contributed by atoms with E-state index in [1.807, 2.05) is 0 Å². The second kappa shape index (κ2) is 10.9. The van der Waals surface area contributed by atoms with E-state index < -0.39 is 63.4 Å². The van der Waals surface area contributed by atoms with E-state index >= 15 is 26.3 Å². The zero-order chi connectivity index (χ0) is 31.2. The molecule has 0 aromatic heterocycles. The van der Waals surface area contributed by atoms with E-state index in [1.165, 1.54) is 48.5 Å². The number of nitrogens with two attached hydrogens (primary N) is 2. The van der Waals surface area contributed by atoms with E-state index in [9.17, 15) is 0 Å². The molecule has 10 heteroatoms. The topological polar surface area (TPSA) is 70.5 Å². The lowest BCUT2D eigenvalue weighted by atomic mass is 9.58. The molecule has 5 rings (SSSR count). The van der Waals surface area contributed by atoms with Crippen molar-refractivity contribution in [2.24, 2.45) is 5.92 Å². The monoisotopic (exact) mass is 598 g/mol. The maximum absolute atomic E-state index is 18.3.